The van der Waals surface area contributed by atoms with Crippen molar-refractivity contribution in [2.45, 2.75) is 30.4 Å². The number of hydrogen-bond acceptors (Lipinski definition) is 7. The Balaban J connectivity index is 1.40. The molecule has 4 rings (SSSR count). The van der Waals surface area contributed by atoms with Crippen LogP contribution in [0.15, 0.2) is 44.4 Å². The number of aryl methyl sites for hydroxylation is 1. The van der Waals surface area contributed by atoms with Gasteiger partial charge in [0.25, 0.3) is 10.0 Å². The van der Waals surface area contributed by atoms with Gasteiger partial charge in [-0.2, -0.15) is 9.29 Å². The molecule has 0 atom stereocenters. The molecule has 164 valence electrons. The van der Waals surface area contributed by atoms with Crippen LogP contribution in [-0.2, 0) is 21.2 Å². The van der Waals surface area contributed by atoms with Crippen molar-refractivity contribution in [3.63, 3.8) is 0 Å². The van der Waals surface area contributed by atoms with Gasteiger partial charge in [0, 0.05) is 36.4 Å². The number of halogens is 1. The number of rotatable bonds is 6. The van der Waals surface area contributed by atoms with Crippen LogP contribution in [0.5, 0.6) is 0 Å². The summed E-state index contributed by atoms with van der Waals surface area (Å²) in [6.07, 6.45) is 1.33. The van der Waals surface area contributed by atoms with Gasteiger partial charge in [0.1, 0.15) is 10.0 Å². The van der Waals surface area contributed by atoms with Crippen molar-refractivity contribution in [2.24, 2.45) is 5.92 Å². The van der Waals surface area contributed by atoms with Gasteiger partial charge in [-0.1, -0.05) is 24.2 Å². The average molecular weight is 465 g/mol. The van der Waals surface area contributed by atoms with Crippen LogP contribution < -0.4 is 5.32 Å². The predicted octanol–water partition coefficient (Wildman–Crippen LogP) is 3.54. The summed E-state index contributed by atoms with van der Waals surface area (Å²) >= 11 is 1.10. The molecule has 1 aliphatic heterocycles. The number of benzene rings is 1. The molecular formula is C20H21FN4O4S2. The minimum absolute atomic E-state index is 0.126. The van der Waals surface area contributed by atoms with E-state index in [-0.39, 0.29) is 34.8 Å². The Kier molecular flexibility index (Phi) is 6.17. The molecule has 11 heteroatoms. The number of carbonyl (C=O) groups is 1. The number of nitrogens with one attached hydrogen (secondary N) is 1. The maximum atomic E-state index is 13.8. The number of amides is 1. The molecule has 0 spiro atoms. The lowest BCUT2D eigenvalue weighted by molar-refractivity contribution is -0.120. The van der Waals surface area contributed by atoms with Gasteiger partial charge in [-0.3, -0.25) is 4.79 Å². The standard InChI is InChI=1S/C20H21FN4O4S2/c1-2-17-23-19(24-29-17)14-11-18(30-12-14)31(27,28)25-9-7-13(8-10-25)20(26)22-16-6-4-3-5-15(16)21/h3-6,11-13H,2,7-10H2,1H3,(H,22,26). The van der Waals surface area contributed by atoms with E-state index in [0.29, 0.717) is 36.5 Å². The van der Waals surface area contributed by atoms with Gasteiger partial charge in [0.2, 0.25) is 17.6 Å². The molecule has 0 saturated carbocycles. The monoisotopic (exact) mass is 464 g/mol. The fourth-order valence-electron chi connectivity index (χ4n) is 3.37. The first kappa shape index (κ1) is 21.6. The van der Waals surface area contributed by atoms with Crippen molar-refractivity contribution in [3.05, 3.63) is 47.4 Å². The number of sulfonamides is 1. The molecule has 31 heavy (non-hydrogen) atoms. The SMILES string of the molecule is CCc1nc(-c2csc(S(=O)(=O)N3CCC(C(=O)Nc4ccccc4F)CC3)c2)no1. The highest BCUT2D eigenvalue weighted by atomic mass is 32.2. The van der Waals surface area contributed by atoms with E-state index in [0.717, 1.165) is 11.3 Å². The summed E-state index contributed by atoms with van der Waals surface area (Å²) in [6.45, 7) is 2.32. The van der Waals surface area contributed by atoms with Gasteiger partial charge in [0.05, 0.1) is 5.69 Å². The van der Waals surface area contributed by atoms with Gasteiger partial charge in [-0.25, -0.2) is 12.8 Å². The Labute approximate surface area is 183 Å². The molecular weight excluding hydrogens is 443 g/mol. The van der Waals surface area contributed by atoms with E-state index in [2.05, 4.69) is 15.5 Å². The van der Waals surface area contributed by atoms with Crippen molar-refractivity contribution in [2.75, 3.05) is 18.4 Å². The highest BCUT2D eigenvalue weighted by molar-refractivity contribution is 7.91. The zero-order chi connectivity index (χ0) is 22.0. The number of anilines is 1. The molecule has 1 aliphatic rings. The van der Waals surface area contributed by atoms with Gasteiger partial charge in [0.15, 0.2) is 0 Å². The molecule has 0 bridgehead atoms. The van der Waals surface area contributed by atoms with Crippen LogP contribution >= 0.6 is 11.3 Å². The van der Waals surface area contributed by atoms with Crippen LogP contribution in [0.3, 0.4) is 0 Å². The number of carbonyl (C=O) groups excluding carboxylic acids is 1. The lowest BCUT2D eigenvalue weighted by Crippen LogP contribution is -2.41. The maximum absolute atomic E-state index is 13.8. The van der Waals surface area contributed by atoms with Crippen molar-refractivity contribution < 1.29 is 22.1 Å². The maximum Gasteiger partial charge on any atom is 0.252 e. The summed E-state index contributed by atoms with van der Waals surface area (Å²) in [6, 6.07) is 7.50. The van der Waals surface area contributed by atoms with Crippen molar-refractivity contribution >= 4 is 33.0 Å². The second-order valence-corrected chi connectivity index (χ2v) is 10.2. The van der Waals surface area contributed by atoms with Crippen molar-refractivity contribution in [1.82, 2.24) is 14.4 Å². The van der Waals surface area contributed by atoms with E-state index >= 15 is 0 Å². The van der Waals surface area contributed by atoms with Crippen LogP contribution in [0.1, 0.15) is 25.7 Å². The van der Waals surface area contributed by atoms with Crippen LogP contribution in [0.2, 0.25) is 0 Å². The summed E-state index contributed by atoms with van der Waals surface area (Å²) in [5, 5.41) is 8.15. The average Bonchev–Trinajstić information content (AvgIpc) is 3.45. The minimum atomic E-state index is -3.69. The summed E-state index contributed by atoms with van der Waals surface area (Å²) < 4.78 is 46.5. The number of nitrogens with zero attached hydrogens (tertiary/aromatic N) is 3. The topological polar surface area (TPSA) is 105 Å². The normalized spacial score (nSPS) is 15.8. The molecule has 1 N–H and O–H groups in total. The van der Waals surface area contributed by atoms with Crippen molar-refractivity contribution in [3.8, 4) is 11.4 Å². The summed E-state index contributed by atoms with van der Waals surface area (Å²) in [5.74, 6) is -0.336. The van der Waals surface area contributed by atoms with Crippen LogP contribution in [0, 0.1) is 11.7 Å². The van der Waals surface area contributed by atoms with E-state index in [1.54, 1.807) is 23.6 Å². The molecule has 0 aliphatic carbocycles. The molecule has 2 aromatic heterocycles. The van der Waals surface area contributed by atoms with Crippen LogP contribution in [0.4, 0.5) is 10.1 Å². The molecule has 3 aromatic rings. The Morgan fingerprint density at radius 1 is 1.32 bits per heavy atom. The van der Waals surface area contributed by atoms with Gasteiger partial charge >= 0.3 is 0 Å². The molecule has 1 fully saturated rings. The largest absolute Gasteiger partial charge is 0.339 e. The second-order valence-electron chi connectivity index (χ2n) is 7.17. The third-order valence-electron chi connectivity index (χ3n) is 5.15. The lowest BCUT2D eigenvalue weighted by atomic mass is 9.97. The van der Waals surface area contributed by atoms with Crippen LogP contribution in [-0.4, -0.2) is 41.9 Å². The van der Waals surface area contributed by atoms with E-state index < -0.39 is 15.8 Å². The summed E-state index contributed by atoms with van der Waals surface area (Å²) in [5.41, 5.74) is 0.715. The molecule has 0 unspecified atom stereocenters. The Morgan fingerprint density at radius 2 is 2.06 bits per heavy atom. The Hall–Kier alpha value is -2.63. The first-order valence-corrected chi connectivity index (χ1v) is 12.2. The van der Waals surface area contributed by atoms with E-state index in [9.17, 15) is 17.6 Å². The van der Waals surface area contributed by atoms with E-state index in [4.69, 9.17) is 4.52 Å². The zero-order valence-electron chi connectivity index (χ0n) is 16.7. The summed E-state index contributed by atoms with van der Waals surface area (Å²) in [4.78, 5) is 16.7. The van der Waals surface area contributed by atoms with Crippen LogP contribution in [0.25, 0.3) is 11.4 Å². The Bertz CT molecular complexity index is 1180. The highest BCUT2D eigenvalue weighted by Crippen LogP contribution is 2.31. The van der Waals surface area contributed by atoms with Gasteiger partial charge < -0.3 is 9.84 Å². The molecule has 0 radical (unpaired) electrons. The second kappa shape index (κ2) is 8.85. The van der Waals surface area contributed by atoms with E-state index in [1.165, 1.54) is 16.4 Å². The van der Waals surface area contributed by atoms with Crippen molar-refractivity contribution in [1.29, 1.82) is 0 Å². The molecule has 8 nitrogen and oxygen atoms in total. The molecule has 1 amide bonds. The fourth-order valence-corrected chi connectivity index (χ4v) is 6.15. The highest BCUT2D eigenvalue weighted by Gasteiger charge is 2.33. The number of aromatic nitrogens is 2. The predicted molar refractivity (Wildman–Crippen MR) is 114 cm³/mol. The van der Waals surface area contributed by atoms with Gasteiger partial charge in [-0.05, 0) is 31.0 Å². The molecule has 1 saturated heterocycles. The molecule has 1 aromatic carbocycles. The third-order valence-corrected chi connectivity index (χ3v) is 8.47. The minimum Gasteiger partial charge on any atom is -0.339 e. The first-order valence-electron chi connectivity index (χ1n) is 9.85. The summed E-state index contributed by atoms with van der Waals surface area (Å²) in [7, 11) is -3.69. The first-order chi connectivity index (χ1) is 14.9. The van der Waals surface area contributed by atoms with E-state index in [1.807, 2.05) is 6.92 Å². The third kappa shape index (κ3) is 4.53. The van der Waals surface area contributed by atoms with Gasteiger partial charge in [-0.15, -0.1) is 11.3 Å². The number of thiophene rings is 1. The lowest BCUT2D eigenvalue weighted by Gasteiger charge is -2.30. The molecule has 3 heterocycles. The number of para-hydroxylation sites is 1. The Morgan fingerprint density at radius 3 is 2.74 bits per heavy atom. The smallest absolute Gasteiger partial charge is 0.252 e. The quantitative estimate of drug-likeness (QED) is 0.598. The number of hydrogen-bond donors (Lipinski definition) is 1. The fraction of sp³-hybridized carbons (Fsp3) is 0.350. The zero-order valence-corrected chi connectivity index (χ0v) is 18.4. The number of piperidine rings is 1.